The van der Waals surface area contributed by atoms with E-state index in [1.165, 1.54) is 12.1 Å². The van der Waals surface area contributed by atoms with Crippen molar-refractivity contribution in [2.45, 2.75) is 13.5 Å². The lowest BCUT2D eigenvalue weighted by molar-refractivity contribution is -0.124. The van der Waals surface area contributed by atoms with Gasteiger partial charge in [-0.15, -0.1) is 0 Å². The van der Waals surface area contributed by atoms with Gasteiger partial charge in [-0.25, -0.2) is 4.79 Å². The molecule has 0 fully saturated rings. The van der Waals surface area contributed by atoms with E-state index in [2.05, 4.69) is 5.32 Å². The van der Waals surface area contributed by atoms with E-state index in [4.69, 9.17) is 16.3 Å². The molecule has 2 N–H and O–H groups in total. The molecule has 0 spiro atoms. The number of hydrogen-bond acceptors (Lipinski definition) is 4. The Morgan fingerprint density at radius 2 is 2.00 bits per heavy atom. The number of esters is 1. The molecule has 0 aliphatic rings. The Morgan fingerprint density at radius 3 is 2.70 bits per heavy atom. The lowest BCUT2D eigenvalue weighted by Crippen LogP contribution is -2.28. The Morgan fingerprint density at radius 1 is 1.22 bits per heavy atom. The lowest BCUT2D eigenvalue weighted by atomic mass is 10.1. The van der Waals surface area contributed by atoms with Crippen LogP contribution in [-0.2, 0) is 16.1 Å². The van der Waals surface area contributed by atoms with Crippen molar-refractivity contribution < 1.29 is 19.4 Å². The third-order valence-corrected chi connectivity index (χ3v) is 3.32. The van der Waals surface area contributed by atoms with E-state index >= 15 is 0 Å². The van der Waals surface area contributed by atoms with Crippen molar-refractivity contribution in [3.8, 4) is 5.75 Å². The van der Waals surface area contributed by atoms with Gasteiger partial charge in [0.15, 0.2) is 6.61 Å². The standard InChI is InChI=1S/C17H16ClNO4/c1-11-5-6-14(15(20)7-11)17(22)23-10-16(21)19-9-12-3-2-4-13(18)8-12/h2-8,20H,9-10H2,1H3,(H,19,21). The number of halogens is 1. The first-order chi connectivity index (χ1) is 11.0. The van der Waals surface area contributed by atoms with Gasteiger partial charge in [0.1, 0.15) is 11.3 Å². The number of hydrogen-bond donors (Lipinski definition) is 2. The fourth-order valence-electron chi connectivity index (χ4n) is 1.92. The van der Waals surface area contributed by atoms with Crippen LogP contribution in [0.3, 0.4) is 0 Å². The maximum Gasteiger partial charge on any atom is 0.342 e. The molecule has 2 rings (SSSR count). The molecule has 0 saturated heterocycles. The van der Waals surface area contributed by atoms with Crippen LogP contribution in [-0.4, -0.2) is 23.6 Å². The summed E-state index contributed by atoms with van der Waals surface area (Å²) >= 11 is 5.85. The average Bonchev–Trinajstić information content (AvgIpc) is 2.50. The van der Waals surface area contributed by atoms with Crippen LogP contribution in [0.4, 0.5) is 0 Å². The quantitative estimate of drug-likeness (QED) is 0.825. The van der Waals surface area contributed by atoms with Crippen molar-refractivity contribution in [1.29, 1.82) is 0 Å². The fourth-order valence-corrected chi connectivity index (χ4v) is 2.13. The molecule has 0 heterocycles. The molecule has 23 heavy (non-hydrogen) atoms. The molecule has 2 aromatic carbocycles. The second-order valence-electron chi connectivity index (χ2n) is 5.00. The number of nitrogens with one attached hydrogen (secondary N) is 1. The smallest absolute Gasteiger partial charge is 0.342 e. The van der Waals surface area contributed by atoms with Crippen LogP contribution >= 0.6 is 11.6 Å². The maximum absolute atomic E-state index is 11.8. The molecule has 5 nitrogen and oxygen atoms in total. The van der Waals surface area contributed by atoms with Gasteiger partial charge in [-0.05, 0) is 42.3 Å². The van der Waals surface area contributed by atoms with Crippen molar-refractivity contribution in [2.24, 2.45) is 0 Å². The molecule has 0 aliphatic heterocycles. The van der Waals surface area contributed by atoms with Gasteiger partial charge in [0.25, 0.3) is 5.91 Å². The number of ether oxygens (including phenoxy) is 1. The summed E-state index contributed by atoms with van der Waals surface area (Å²) in [5, 5.41) is 12.9. The summed E-state index contributed by atoms with van der Waals surface area (Å²) in [5.41, 5.74) is 1.69. The molecule has 0 radical (unpaired) electrons. The SMILES string of the molecule is Cc1ccc(C(=O)OCC(=O)NCc2cccc(Cl)c2)c(O)c1. The Labute approximate surface area is 138 Å². The van der Waals surface area contributed by atoms with E-state index in [9.17, 15) is 14.7 Å². The highest BCUT2D eigenvalue weighted by molar-refractivity contribution is 6.30. The van der Waals surface area contributed by atoms with Crippen LogP contribution in [0.2, 0.25) is 5.02 Å². The second kappa shape index (κ2) is 7.65. The van der Waals surface area contributed by atoms with Crippen LogP contribution in [0.1, 0.15) is 21.5 Å². The summed E-state index contributed by atoms with van der Waals surface area (Å²) in [6.07, 6.45) is 0. The molecule has 0 aliphatic carbocycles. The first-order valence-corrected chi connectivity index (χ1v) is 7.31. The first kappa shape index (κ1) is 16.8. The third kappa shape index (κ3) is 5.00. The molecule has 1 amide bonds. The van der Waals surface area contributed by atoms with Crippen LogP contribution < -0.4 is 5.32 Å². The van der Waals surface area contributed by atoms with Crippen LogP contribution in [0, 0.1) is 6.92 Å². The highest BCUT2D eigenvalue weighted by Gasteiger charge is 2.14. The van der Waals surface area contributed by atoms with Gasteiger partial charge in [-0.2, -0.15) is 0 Å². The Hall–Kier alpha value is -2.53. The van der Waals surface area contributed by atoms with E-state index in [0.29, 0.717) is 5.02 Å². The van der Waals surface area contributed by atoms with Crippen molar-refractivity contribution in [1.82, 2.24) is 5.32 Å². The largest absolute Gasteiger partial charge is 0.507 e. The zero-order valence-corrected chi connectivity index (χ0v) is 13.3. The zero-order valence-electron chi connectivity index (χ0n) is 12.5. The van der Waals surface area contributed by atoms with E-state index in [0.717, 1.165) is 11.1 Å². The van der Waals surface area contributed by atoms with Gasteiger partial charge < -0.3 is 15.2 Å². The summed E-state index contributed by atoms with van der Waals surface area (Å²) in [6.45, 7) is 1.65. The normalized spacial score (nSPS) is 10.2. The number of phenolic OH excluding ortho intramolecular Hbond substituents is 1. The highest BCUT2D eigenvalue weighted by Crippen LogP contribution is 2.19. The number of aromatic hydroxyl groups is 1. The van der Waals surface area contributed by atoms with E-state index in [1.807, 2.05) is 6.07 Å². The van der Waals surface area contributed by atoms with E-state index in [-0.39, 0.29) is 17.9 Å². The van der Waals surface area contributed by atoms with Crippen LogP contribution in [0.25, 0.3) is 0 Å². The van der Waals surface area contributed by atoms with Gasteiger partial charge in [0, 0.05) is 11.6 Å². The number of rotatable bonds is 5. The minimum Gasteiger partial charge on any atom is -0.507 e. The number of benzene rings is 2. The highest BCUT2D eigenvalue weighted by atomic mass is 35.5. The molecule has 0 bridgehead atoms. The minimum atomic E-state index is -0.750. The average molecular weight is 334 g/mol. The first-order valence-electron chi connectivity index (χ1n) is 6.93. The Balaban J connectivity index is 1.83. The minimum absolute atomic E-state index is 0.0261. The number of amides is 1. The van der Waals surface area contributed by atoms with Crippen molar-refractivity contribution in [2.75, 3.05) is 6.61 Å². The fraction of sp³-hybridized carbons (Fsp3) is 0.176. The van der Waals surface area contributed by atoms with Gasteiger partial charge in [-0.1, -0.05) is 29.8 Å². The van der Waals surface area contributed by atoms with Crippen molar-refractivity contribution >= 4 is 23.5 Å². The zero-order chi connectivity index (χ0) is 16.8. The van der Waals surface area contributed by atoms with Gasteiger partial charge in [0.05, 0.1) is 0 Å². The molecule has 6 heteroatoms. The predicted molar refractivity (Wildman–Crippen MR) is 86.4 cm³/mol. The summed E-state index contributed by atoms with van der Waals surface area (Å²) in [4.78, 5) is 23.5. The summed E-state index contributed by atoms with van der Waals surface area (Å²) in [7, 11) is 0. The Kier molecular flexibility index (Phi) is 5.60. The topological polar surface area (TPSA) is 75.6 Å². The number of phenols is 1. The molecular weight excluding hydrogens is 318 g/mol. The third-order valence-electron chi connectivity index (χ3n) is 3.09. The molecule has 0 unspecified atom stereocenters. The van der Waals surface area contributed by atoms with Crippen molar-refractivity contribution in [3.05, 3.63) is 64.2 Å². The summed E-state index contributed by atoms with van der Waals surface area (Å²) in [5.74, 6) is -1.36. The number of carbonyl (C=O) groups is 2. The molecular formula is C17H16ClNO4. The molecule has 2 aromatic rings. The van der Waals surface area contributed by atoms with Gasteiger partial charge in [0.2, 0.25) is 0 Å². The van der Waals surface area contributed by atoms with E-state index < -0.39 is 18.5 Å². The summed E-state index contributed by atoms with van der Waals surface area (Å²) < 4.78 is 4.89. The van der Waals surface area contributed by atoms with Crippen LogP contribution in [0.5, 0.6) is 5.75 Å². The lowest BCUT2D eigenvalue weighted by Gasteiger charge is -2.08. The maximum atomic E-state index is 11.8. The second-order valence-corrected chi connectivity index (χ2v) is 5.44. The molecule has 0 aromatic heterocycles. The van der Waals surface area contributed by atoms with Crippen molar-refractivity contribution in [3.63, 3.8) is 0 Å². The Bertz CT molecular complexity index is 730. The number of carbonyl (C=O) groups excluding carboxylic acids is 2. The number of aryl methyl sites for hydroxylation is 1. The van der Waals surface area contributed by atoms with E-state index in [1.54, 1.807) is 31.2 Å². The van der Waals surface area contributed by atoms with Gasteiger partial charge in [-0.3, -0.25) is 4.79 Å². The molecule has 0 atom stereocenters. The summed E-state index contributed by atoms with van der Waals surface area (Å²) in [6, 6.07) is 11.7. The predicted octanol–water partition coefficient (Wildman–Crippen LogP) is 2.83. The monoisotopic (exact) mass is 333 g/mol. The van der Waals surface area contributed by atoms with Gasteiger partial charge >= 0.3 is 5.97 Å². The molecule has 120 valence electrons. The van der Waals surface area contributed by atoms with Crippen LogP contribution in [0.15, 0.2) is 42.5 Å². The molecule has 0 saturated carbocycles.